The third-order valence-electron chi connectivity index (χ3n) is 4.95. The smallest absolute Gasteiger partial charge is 0.230 e. The second kappa shape index (κ2) is 9.09. The number of hydrogen-bond donors (Lipinski definition) is 0. The quantitative estimate of drug-likeness (QED) is 0.306. The average molecular weight is 488 g/mol. The summed E-state index contributed by atoms with van der Waals surface area (Å²) in [6.45, 7) is 7.34. The van der Waals surface area contributed by atoms with Crippen molar-refractivity contribution in [2.75, 3.05) is 4.90 Å². The Morgan fingerprint density at radius 3 is 2.72 bits per heavy atom. The van der Waals surface area contributed by atoms with Gasteiger partial charge in [0.05, 0.1) is 28.2 Å². The van der Waals surface area contributed by atoms with Crippen LogP contribution in [0.25, 0.3) is 11.4 Å². The first-order valence-electron chi connectivity index (χ1n) is 9.84. The molecule has 0 unspecified atom stereocenters. The fourth-order valence-electron chi connectivity index (χ4n) is 3.47. The van der Waals surface area contributed by atoms with Gasteiger partial charge in [0.1, 0.15) is 5.76 Å². The predicted molar refractivity (Wildman–Crippen MR) is 129 cm³/mol. The first-order chi connectivity index (χ1) is 15.3. The number of furan rings is 1. The van der Waals surface area contributed by atoms with E-state index in [-0.39, 0.29) is 5.91 Å². The van der Waals surface area contributed by atoms with Crippen molar-refractivity contribution in [3.8, 4) is 11.4 Å². The van der Waals surface area contributed by atoms with Crippen molar-refractivity contribution in [1.82, 2.24) is 19.7 Å². The maximum Gasteiger partial charge on any atom is 0.230 e. The van der Waals surface area contributed by atoms with Crippen LogP contribution in [0, 0.1) is 20.8 Å². The molecule has 0 bridgehead atoms. The number of carbonyl (C=O) groups excluding carboxylic acids is 1. The first kappa shape index (κ1) is 22.6. The van der Waals surface area contributed by atoms with E-state index in [1.165, 1.54) is 30.0 Å². The maximum atomic E-state index is 12.5. The second-order valence-electron chi connectivity index (χ2n) is 7.43. The van der Waals surface area contributed by atoms with Gasteiger partial charge >= 0.3 is 0 Å². The van der Waals surface area contributed by atoms with E-state index in [2.05, 4.69) is 10.2 Å². The van der Waals surface area contributed by atoms with E-state index in [0.717, 1.165) is 39.1 Å². The summed E-state index contributed by atoms with van der Waals surface area (Å²) in [4.78, 5) is 18.8. The van der Waals surface area contributed by atoms with Crippen molar-refractivity contribution >= 4 is 51.4 Å². The van der Waals surface area contributed by atoms with Crippen molar-refractivity contribution in [1.29, 1.82) is 0 Å². The van der Waals surface area contributed by atoms with Gasteiger partial charge in [0, 0.05) is 25.1 Å². The lowest BCUT2D eigenvalue weighted by atomic mass is 10.1. The zero-order chi connectivity index (χ0) is 23.0. The Morgan fingerprint density at radius 2 is 2.06 bits per heavy atom. The lowest BCUT2D eigenvalue weighted by molar-refractivity contribution is -0.115. The van der Waals surface area contributed by atoms with Crippen molar-refractivity contribution in [2.24, 2.45) is 7.05 Å². The van der Waals surface area contributed by atoms with Gasteiger partial charge in [0.25, 0.3) is 0 Å². The van der Waals surface area contributed by atoms with Gasteiger partial charge < -0.3 is 8.98 Å². The van der Waals surface area contributed by atoms with E-state index in [4.69, 9.17) is 21.0 Å². The fourth-order valence-corrected chi connectivity index (χ4v) is 5.66. The summed E-state index contributed by atoms with van der Waals surface area (Å²) in [6.07, 6.45) is 1.64. The average Bonchev–Trinajstić information content (AvgIpc) is 3.43. The van der Waals surface area contributed by atoms with E-state index >= 15 is 0 Å². The van der Waals surface area contributed by atoms with E-state index < -0.39 is 0 Å². The normalized spacial score (nSPS) is 11.2. The molecule has 7 nitrogen and oxygen atoms in total. The highest BCUT2D eigenvalue weighted by atomic mass is 35.5. The third kappa shape index (κ3) is 4.32. The summed E-state index contributed by atoms with van der Waals surface area (Å²) in [6, 6.07) is 5.75. The summed E-state index contributed by atoms with van der Waals surface area (Å²) in [5.74, 6) is 2.01. The Kier molecular flexibility index (Phi) is 6.41. The van der Waals surface area contributed by atoms with Gasteiger partial charge in [0.15, 0.2) is 16.1 Å². The van der Waals surface area contributed by atoms with E-state index in [0.29, 0.717) is 21.6 Å². The van der Waals surface area contributed by atoms with E-state index in [1.807, 2.05) is 56.0 Å². The van der Waals surface area contributed by atoms with Crippen LogP contribution in [0.5, 0.6) is 0 Å². The molecule has 4 rings (SSSR count). The van der Waals surface area contributed by atoms with Crippen LogP contribution in [0.1, 0.15) is 29.5 Å². The summed E-state index contributed by atoms with van der Waals surface area (Å²) < 4.78 is 7.32. The topological polar surface area (TPSA) is 77.1 Å². The van der Waals surface area contributed by atoms with Crippen LogP contribution in [-0.2, 0) is 17.6 Å². The molecule has 0 radical (unpaired) electrons. The Hall–Kier alpha value is -2.62. The number of benzene rings is 1. The van der Waals surface area contributed by atoms with Crippen molar-refractivity contribution in [2.45, 2.75) is 38.6 Å². The Morgan fingerprint density at radius 1 is 1.28 bits per heavy atom. The van der Waals surface area contributed by atoms with Gasteiger partial charge in [-0.15, -0.1) is 21.5 Å². The van der Waals surface area contributed by atoms with Crippen LogP contribution in [0.3, 0.4) is 0 Å². The van der Waals surface area contributed by atoms with E-state index in [9.17, 15) is 4.79 Å². The zero-order valence-corrected chi connectivity index (χ0v) is 20.7. The molecule has 3 heterocycles. The lowest BCUT2D eigenvalue weighted by Gasteiger charge is -2.22. The van der Waals surface area contributed by atoms with Gasteiger partial charge in [-0.3, -0.25) is 9.69 Å². The Balaban J connectivity index is 1.55. The molecule has 166 valence electrons. The molecule has 0 N–H and O–H groups in total. The number of hydrogen-bond acceptors (Lipinski definition) is 7. The number of nitrogens with zero attached hydrogens (tertiary/aromatic N) is 5. The van der Waals surface area contributed by atoms with Gasteiger partial charge in [-0.25, -0.2) is 4.98 Å². The summed E-state index contributed by atoms with van der Waals surface area (Å²) in [7, 11) is 1.93. The van der Waals surface area contributed by atoms with Crippen LogP contribution in [0.2, 0.25) is 5.02 Å². The molecule has 10 heteroatoms. The largest absolute Gasteiger partial charge is 0.469 e. The van der Waals surface area contributed by atoms with Crippen molar-refractivity contribution in [3.05, 3.63) is 57.4 Å². The highest BCUT2D eigenvalue weighted by Crippen LogP contribution is 2.38. The summed E-state index contributed by atoms with van der Waals surface area (Å²) in [5.41, 5.74) is 4.42. The lowest BCUT2D eigenvalue weighted by Crippen LogP contribution is -2.24. The highest BCUT2D eigenvalue weighted by Gasteiger charge is 2.23. The number of aromatic nitrogens is 4. The van der Waals surface area contributed by atoms with Crippen LogP contribution >= 0.6 is 34.7 Å². The third-order valence-corrected chi connectivity index (χ3v) is 7.17. The van der Waals surface area contributed by atoms with Gasteiger partial charge in [-0.05, 0) is 44.0 Å². The number of thiazole rings is 1. The fraction of sp³-hybridized carbons (Fsp3) is 0.273. The SMILES string of the molecule is CC(=O)N(c1nc(CSc2nnc(-c3ccoc3C)n2C)cs1)c1c(C)cc(C)cc1Cl. The van der Waals surface area contributed by atoms with Gasteiger partial charge in [-0.2, -0.15) is 0 Å². The van der Waals surface area contributed by atoms with Gasteiger partial charge in [0.2, 0.25) is 5.91 Å². The molecule has 32 heavy (non-hydrogen) atoms. The summed E-state index contributed by atoms with van der Waals surface area (Å²) in [5, 5.41) is 12.5. The number of carbonyl (C=O) groups is 1. The monoisotopic (exact) mass is 487 g/mol. The standard InChI is InChI=1S/C22H22ClN5O2S2/c1-12-8-13(2)19(18(23)9-12)28(15(4)29)21-24-16(10-31-21)11-32-22-26-25-20(27(22)5)17-6-7-30-14(17)3/h6-10H,11H2,1-5H3. The molecule has 4 aromatic rings. The number of thioether (sulfide) groups is 1. The minimum atomic E-state index is -0.138. The highest BCUT2D eigenvalue weighted by molar-refractivity contribution is 7.98. The molecule has 0 spiro atoms. The molecular formula is C22H22ClN5O2S2. The molecule has 0 aliphatic carbocycles. The van der Waals surface area contributed by atoms with Gasteiger partial charge in [-0.1, -0.05) is 29.4 Å². The Labute approximate surface area is 199 Å². The maximum absolute atomic E-state index is 12.5. The second-order valence-corrected chi connectivity index (χ2v) is 9.62. The number of rotatable bonds is 6. The molecule has 0 saturated heterocycles. The number of halogens is 1. The molecule has 0 aliphatic heterocycles. The minimum Gasteiger partial charge on any atom is -0.469 e. The van der Waals surface area contributed by atoms with Crippen molar-refractivity contribution < 1.29 is 9.21 Å². The molecule has 0 saturated carbocycles. The molecule has 1 aromatic carbocycles. The minimum absolute atomic E-state index is 0.138. The molecule has 0 atom stereocenters. The van der Waals surface area contributed by atoms with Crippen molar-refractivity contribution in [3.63, 3.8) is 0 Å². The van der Waals surface area contributed by atoms with Crippen LogP contribution in [-0.4, -0.2) is 25.7 Å². The van der Waals surface area contributed by atoms with Crippen LogP contribution in [0.15, 0.2) is 39.4 Å². The van der Waals surface area contributed by atoms with E-state index in [1.54, 1.807) is 11.2 Å². The number of amides is 1. The van der Waals surface area contributed by atoms with Crippen LogP contribution < -0.4 is 4.90 Å². The Bertz CT molecular complexity index is 1270. The predicted octanol–water partition coefficient (Wildman–Crippen LogP) is 6.09. The number of anilines is 2. The van der Waals surface area contributed by atoms with Crippen LogP contribution in [0.4, 0.5) is 10.8 Å². The molecule has 0 fully saturated rings. The molecule has 0 aliphatic rings. The summed E-state index contributed by atoms with van der Waals surface area (Å²) >= 11 is 9.45. The zero-order valence-electron chi connectivity index (χ0n) is 18.3. The molecule has 3 aromatic heterocycles. The first-order valence-corrected chi connectivity index (χ1v) is 12.1. The molecular weight excluding hydrogens is 466 g/mol. The number of aryl methyl sites for hydroxylation is 3. The molecule has 1 amide bonds.